The molecule has 2 saturated carbocycles. The Labute approximate surface area is 250 Å². The summed E-state index contributed by atoms with van der Waals surface area (Å²) in [6.07, 6.45) is 2.36. The van der Waals surface area contributed by atoms with Gasteiger partial charge in [-0.3, -0.25) is 14.5 Å². The van der Waals surface area contributed by atoms with E-state index in [-0.39, 0.29) is 67.8 Å². The van der Waals surface area contributed by atoms with Gasteiger partial charge in [-0.1, -0.05) is 36.2 Å². The largest absolute Gasteiger partial charge is 0.449 e. The van der Waals surface area contributed by atoms with E-state index in [0.29, 0.717) is 42.5 Å². The van der Waals surface area contributed by atoms with Crippen LogP contribution < -0.4 is 5.32 Å². The quantitative estimate of drug-likeness (QED) is 0.413. The zero-order chi connectivity index (χ0) is 29.6. The molecule has 2 heterocycles. The predicted molar refractivity (Wildman–Crippen MR) is 152 cm³/mol. The first-order valence-corrected chi connectivity index (χ1v) is 15.4. The second-order valence-electron chi connectivity index (χ2n) is 12.7. The number of benzene rings is 1. The second-order valence-corrected chi connectivity index (χ2v) is 13.5. The molecule has 0 aromatic heterocycles. The monoisotopic (exact) mass is 613 g/mol. The Kier molecular flexibility index (Phi) is 8.63. The standard InChI is InChI=1S/C30H39Cl2F2N3O4/c1-28(11-12-28)26(39)37-13-7-20(8-14-37)25(38)30(18-35-16-22(30)21-3-4-23(31)24(32)15-21)36(2)27(40)41-17-19-5-9-29(33,34)10-6-19/h3-4,15,19-20,22,35H,5-14,16-18H2,1-2H3/t22-,30+/m1/s1. The number of amides is 2. The van der Waals surface area contributed by atoms with Crippen LogP contribution in [-0.4, -0.2) is 78.9 Å². The Balaban J connectivity index is 1.36. The van der Waals surface area contributed by atoms with Gasteiger partial charge < -0.3 is 15.0 Å². The summed E-state index contributed by atoms with van der Waals surface area (Å²) in [4.78, 5) is 44.2. The summed E-state index contributed by atoms with van der Waals surface area (Å²) >= 11 is 12.6. The third-order valence-corrected chi connectivity index (χ3v) is 10.7. The molecule has 7 nitrogen and oxygen atoms in total. The van der Waals surface area contributed by atoms with Crippen molar-refractivity contribution in [3.8, 4) is 0 Å². The van der Waals surface area contributed by atoms with Crippen molar-refractivity contribution in [2.24, 2.45) is 17.3 Å². The molecule has 1 aromatic rings. The number of halogens is 4. The van der Waals surface area contributed by atoms with Gasteiger partial charge in [0.1, 0.15) is 5.54 Å². The number of hydrogen-bond acceptors (Lipinski definition) is 5. The van der Waals surface area contributed by atoms with Crippen molar-refractivity contribution in [1.29, 1.82) is 0 Å². The fourth-order valence-corrected chi connectivity index (χ4v) is 7.10. The van der Waals surface area contributed by atoms with Crippen LogP contribution in [0.25, 0.3) is 0 Å². The molecule has 4 aliphatic rings. The second kappa shape index (κ2) is 11.6. The van der Waals surface area contributed by atoms with E-state index in [4.69, 9.17) is 27.9 Å². The summed E-state index contributed by atoms with van der Waals surface area (Å²) in [7, 11) is 1.58. The van der Waals surface area contributed by atoms with E-state index in [1.807, 2.05) is 17.9 Å². The molecule has 1 aromatic carbocycles. The van der Waals surface area contributed by atoms with Crippen molar-refractivity contribution in [3.63, 3.8) is 0 Å². The van der Waals surface area contributed by atoms with Crippen molar-refractivity contribution in [2.75, 3.05) is 39.8 Å². The Morgan fingerprint density at radius 1 is 1.05 bits per heavy atom. The zero-order valence-electron chi connectivity index (χ0n) is 23.7. The van der Waals surface area contributed by atoms with E-state index in [0.717, 1.165) is 18.4 Å². The maximum Gasteiger partial charge on any atom is 0.410 e. The highest BCUT2D eigenvalue weighted by Gasteiger charge is 2.57. The first kappa shape index (κ1) is 30.5. The van der Waals surface area contributed by atoms with E-state index in [1.54, 1.807) is 19.2 Å². The molecule has 0 bridgehead atoms. The lowest BCUT2D eigenvalue weighted by molar-refractivity contribution is -0.142. The maximum atomic E-state index is 14.5. The molecule has 2 aliphatic carbocycles. The van der Waals surface area contributed by atoms with Crippen molar-refractivity contribution in [3.05, 3.63) is 33.8 Å². The van der Waals surface area contributed by atoms with Crippen molar-refractivity contribution >= 4 is 41.0 Å². The molecule has 2 aliphatic heterocycles. The van der Waals surface area contributed by atoms with Crippen molar-refractivity contribution in [2.45, 2.75) is 75.7 Å². The van der Waals surface area contributed by atoms with Gasteiger partial charge in [-0.2, -0.15) is 0 Å². The van der Waals surface area contributed by atoms with Crippen LogP contribution in [0.15, 0.2) is 18.2 Å². The minimum Gasteiger partial charge on any atom is -0.449 e. The third-order valence-electron chi connectivity index (χ3n) is 9.91. The topological polar surface area (TPSA) is 79.0 Å². The number of hydrogen-bond donors (Lipinski definition) is 1. The zero-order valence-corrected chi connectivity index (χ0v) is 25.2. The molecule has 41 heavy (non-hydrogen) atoms. The first-order valence-electron chi connectivity index (χ1n) is 14.6. The van der Waals surface area contributed by atoms with Gasteiger partial charge in [0.15, 0.2) is 5.78 Å². The molecule has 0 radical (unpaired) electrons. The highest BCUT2D eigenvalue weighted by atomic mass is 35.5. The molecule has 0 spiro atoms. The Hall–Kier alpha value is -1.97. The number of Topliss-reactive ketones (excluding diaryl/α,β-unsaturated/α-hetero) is 1. The summed E-state index contributed by atoms with van der Waals surface area (Å²) in [6.45, 7) is 3.71. The molecule has 4 fully saturated rings. The number of carbonyl (C=O) groups is 3. The average molecular weight is 615 g/mol. The number of rotatable bonds is 7. The number of carbonyl (C=O) groups excluding carboxylic acids is 3. The van der Waals surface area contributed by atoms with E-state index in [2.05, 4.69) is 5.32 Å². The molecule has 2 atom stereocenters. The molecule has 2 saturated heterocycles. The highest BCUT2D eigenvalue weighted by Crippen LogP contribution is 2.47. The average Bonchev–Trinajstić information content (AvgIpc) is 3.55. The number of piperidine rings is 1. The molecule has 11 heteroatoms. The van der Waals surface area contributed by atoms with Crippen LogP contribution in [0.2, 0.25) is 10.0 Å². The van der Waals surface area contributed by atoms with E-state index in [9.17, 15) is 23.2 Å². The van der Waals surface area contributed by atoms with Crippen LogP contribution in [0.1, 0.15) is 69.8 Å². The van der Waals surface area contributed by atoms with Gasteiger partial charge >= 0.3 is 6.09 Å². The van der Waals surface area contributed by atoms with Gasteiger partial charge in [0, 0.05) is 63.3 Å². The van der Waals surface area contributed by atoms with Gasteiger partial charge in [0.05, 0.1) is 16.7 Å². The number of likely N-dealkylation sites (N-methyl/N-ethyl adjacent to an activating group) is 1. The Morgan fingerprint density at radius 3 is 2.32 bits per heavy atom. The van der Waals surface area contributed by atoms with Crippen LogP contribution >= 0.6 is 23.2 Å². The summed E-state index contributed by atoms with van der Waals surface area (Å²) in [5.41, 5.74) is -0.737. The van der Waals surface area contributed by atoms with Crippen LogP contribution in [0, 0.1) is 17.3 Å². The summed E-state index contributed by atoms with van der Waals surface area (Å²) in [5, 5.41) is 4.08. The first-order chi connectivity index (χ1) is 19.4. The lowest BCUT2D eigenvalue weighted by Crippen LogP contribution is -2.62. The third kappa shape index (κ3) is 6.09. The molecule has 0 unspecified atom stereocenters. The SMILES string of the molecule is CN(C(=O)OCC1CCC(F)(F)CC1)[C@@]1(C(=O)C2CCN(C(=O)C3(C)CC3)CC2)CNC[C@@H]1c1ccc(Cl)c(Cl)c1. The molecule has 226 valence electrons. The Morgan fingerprint density at radius 2 is 1.71 bits per heavy atom. The van der Waals surface area contributed by atoms with Gasteiger partial charge in [-0.05, 0) is 62.1 Å². The summed E-state index contributed by atoms with van der Waals surface area (Å²) < 4.78 is 32.9. The van der Waals surface area contributed by atoms with Crippen LogP contribution in [0.5, 0.6) is 0 Å². The van der Waals surface area contributed by atoms with Crippen LogP contribution in [0.4, 0.5) is 13.6 Å². The number of nitrogens with zero attached hydrogens (tertiary/aromatic N) is 2. The lowest BCUT2D eigenvalue weighted by atomic mass is 9.72. The van der Waals surface area contributed by atoms with E-state index >= 15 is 0 Å². The minimum atomic E-state index is -2.66. The number of ether oxygens (including phenoxy) is 1. The van der Waals surface area contributed by atoms with Gasteiger partial charge in [-0.15, -0.1) is 0 Å². The van der Waals surface area contributed by atoms with Crippen LogP contribution in [0.3, 0.4) is 0 Å². The van der Waals surface area contributed by atoms with Crippen LogP contribution in [-0.2, 0) is 14.3 Å². The number of likely N-dealkylation sites (tertiary alicyclic amines) is 1. The van der Waals surface area contributed by atoms with Gasteiger partial charge in [0.25, 0.3) is 0 Å². The molecular formula is C30H39Cl2F2N3O4. The minimum absolute atomic E-state index is 0.0354. The summed E-state index contributed by atoms with van der Waals surface area (Å²) in [5.74, 6) is -3.46. The predicted octanol–water partition coefficient (Wildman–Crippen LogP) is 5.92. The number of alkyl halides is 2. The molecular weight excluding hydrogens is 575 g/mol. The normalized spacial score (nSPS) is 27.9. The van der Waals surface area contributed by atoms with Crippen molar-refractivity contribution < 1.29 is 27.9 Å². The van der Waals surface area contributed by atoms with Gasteiger partial charge in [-0.25, -0.2) is 13.6 Å². The Bertz CT molecular complexity index is 1180. The fraction of sp³-hybridized carbons (Fsp3) is 0.700. The molecule has 5 rings (SSSR count). The smallest absolute Gasteiger partial charge is 0.410 e. The van der Waals surface area contributed by atoms with Gasteiger partial charge in [0.2, 0.25) is 11.8 Å². The summed E-state index contributed by atoms with van der Waals surface area (Å²) in [6, 6.07) is 5.25. The highest BCUT2D eigenvalue weighted by molar-refractivity contribution is 6.42. The maximum absolute atomic E-state index is 14.5. The van der Waals surface area contributed by atoms with E-state index < -0.39 is 23.5 Å². The molecule has 2 amide bonds. The number of ketones is 1. The number of nitrogens with one attached hydrogen (secondary N) is 1. The molecule has 1 N–H and O–H groups in total. The lowest BCUT2D eigenvalue weighted by Gasteiger charge is -2.44. The van der Waals surface area contributed by atoms with E-state index in [1.165, 1.54) is 4.90 Å². The fourth-order valence-electron chi connectivity index (χ4n) is 6.80. The van der Waals surface area contributed by atoms with Crippen molar-refractivity contribution in [1.82, 2.24) is 15.1 Å².